The van der Waals surface area contributed by atoms with Crippen LogP contribution in [0.2, 0.25) is 0 Å². The molecule has 94 valence electrons. The summed E-state index contributed by atoms with van der Waals surface area (Å²) in [7, 11) is 3.35. The highest BCUT2D eigenvalue weighted by atomic mass is 19.1. The second-order valence-electron chi connectivity index (χ2n) is 4.23. The Kier molecular flexibility index (Phi) is 5.16. The summed E-state index contributed by atoms with van der Waals surface area (Å²) in [6.45, 7) is 5.88. The van der Waals surface area contributed by atoms with Crippen molar-refractivity contribution >= 4 is 0 Å². The number of ether oxygens (including phenoxy) is 1. The molecule has 1 aromatic rings. The van der Waals surface area contributed by atoms with Gasteiger partial charge in [0.1, 0.15) is 0 Å². The number of halogens is 1. The molecule has 2 nitrogen and oxygen atoms in total. The average Bonchev–Trinajstić information content (AvgIpc) is 2.29. The van der Waals surface area contributed by atoms with Crippen molar-refractivity contribution in [3.8, 4) is 5.75 Å². The first-order valence-corrected chi connectivity index (χ1v) is 5.73. The molecule has 3 heteroatoms. The minimum atomic E-state index is -0.319. The van der Waals surface area contributed by atoms with Crippen molar-refractivity contribution in [1.29, 1.82) is 0 Å². The molecule has 0 aliphatic rings. The first kappa shape index (κ1) is 13.7. The van der Waals surface area contributed by atoms with Gasteiger partial charge in [0.05, 0.1) is 7.11 Å². The topological polar surface area (TPSA) is 21.3 Å². The van der Waals surface area contributed by atoms with E-state index in [2.05, 4.69) is 11.9 Å². The smallest absolute Gasteiger partial charge is 0.165 e. The minimum absolute atomic E-state index is 0.145. The molecule has 0 saturated carbocycles. The van der Waals surface area contributed by atoms with E-state index in [1.165, 1.54) is 13.2 Å². The van der Waals surface area contributed by atoms with E-state index in [4.69, 9.17) is 4.74 Å². The van der Waals surface area contributed by atoms with Gasteiger partial charge in [-0.3, -0.25) is 0 Å². The second-order valence-corrected chi connectivity index (χ2v) is 4.23. The Bertz CT molecular complexity index is 390. The van der Waals surface area contributed by atoms with Crippen molar-refractivity contribution in [3.05, 3.63) is 41.7 Å². The maximum Gasteiger partial charge on any atom is 0.165 e. The van der Waals surface area contributed by atoms with E-state index in [0.717, 1.165) is 24.0 Å². The molecular formula is C14H20FNO. The third-order valence-electron chi connectivity index (χ3n) is 2.79. The van der Waals surface area contributed by atoms with Gasteiger partial charge in [-0.25, -0.2) is 4.39 Å². The fraction of sp³-hybridized carbons (Fsp3) is 0.429. The van der Waals surface area contributed by atoms with Gasteiger partial charge in [-0.2, -0.15) is 0 Å². The monoisotopic (exact) mass is 237 g/mol. The Hall–Kier alpha value is -1.35. The van der Waals surface area contributed by atoms with Gasteiger partial charge >= 0.3 is 0 Å². The minimum Gasteiger partial charge on any atom is -0.494 e. The van der Waals surface area contributed by atoms with E-state index in [-0.39, 0.29) is 17.6 Å². The Morgan fingerprint density at radius 2 is 2.24 bits per heavy atom. The summed E-state index contributed by atoms with van der Waals surface area (Å²) in [5, 5.41) is 3.19. The van der Waals surface area contributed by atoms with Crippen LogP contribution in [0, 0.1) is 5.82 Å². The number of allylic oxidation sites excluding steroid dienone is 1. The molecule has 0 fully saturated rings. The van der Waals surface area contributed by atoms with Crippen molar-refractivity contribution in [2.24, 2.45) is 0 Å². The predicted molar refractivity (Wildman–Crippen MR) is 68.8 cm³/mol. The zero-order valence-electron chi connectivity index (χ0n) is 10.7. The van der Waals surface area contributed by atoms with Gasteiger partial charge in [-0.1, -0.05) is 11.6 Å². The van der Waals surface area contributed by atoms with Gasteiger partial charge in [0.25, 0.3) is 0 Å². The highest BCUT2D eigenvalue weighted by Gasteiger charge is 2.12. The van der Waals surface area contributed by atoms with E-state index >= 15 is 0 Å². The normalized spacial score (nSPS) is 12.2. The lowest BCUT2D eigenvalue weighted by Crippen LogP contribution is -2.16. The summed E-state index contributed by atoms with van der Waals surface area (Å²) in [6, 6.07) is 5.22. The second kappa shape index (κ2) is 6.40. The van der Waals surface area contributed by atoms with E-state index in [9.17, 15) is 4.39 Å². The molecule has 0 aromatic heterocycles. The molecule has 0 radical (unpaired) electrons. The summed E-state index contributed by atoms with van der Waals surface area (Å²) < 4.78 is 18.5. The fourth-order valence-electron chi connectivity index (χ4n) is 1.77. The standard InChI is InChI=1S/C14H20FNO/c1-10(2)5-7-13(16-3)11-6-8-14(17-4)12(15)9-11/h6,8-9,13,16H,1,5,7H2,2-4H3. The van der Waals surface area contributed by atoms with Crippen LogP contribution in [0.1, 0.15) is 31.4 Å². The van der Waals surface area contributed by atoms with Crippen molar-refractivity contribution in [3.63, 3.8) is 0 Å². The number of nitrogens with one attached hydrogen (secondary N) is 1. The van der Waals surface area contributed by atoms with Crippen LogP contribution < -0.4 is 10.1 Å². The van der Waals surface area contributed by atoms with Crippen LogP contribution in [0.5, 0.6) is 5.75 Å². The molecule has 0 spiro atoms. The average molecular weight is 237 g/mol. The molecule has 0 aliphatic carbocycles. The largest absolute Gasteiger partial charge is 0.494 e. The molecule has 1 atom stereocenters. The SMILES string of the molecule is C=C(C)CCC(NC)c1ccc(OC)c(F)c1. The van der Waals surface area contributed by atoms with Crippen LogP contribution in [0.25, 0.3) is 0 Å². The summed E-state index contributed by atoms with van der Waals surface area (Å²) in [5.41, 5.74) is 2.08. The molecule has 0 bridgehead atoms. The lowest BCUT2D eigenvalue weighted by molar-refractivity contribution is 0.385. The Morgan fingerprint density at radius 1 is 1.53 bits per heavy atom. The van der Waals surface area contributed by atoms with E-state index in [1.807, 2.05) is 20.0 Å². The van der Waals surface area contributed by atoms with Crippen molar-refractivity contribution < 1.29 is 9.13 Å². The maximum absolute atomic E-state index is 13.6. The lowest BCUT2D eigenvalue weighted by atomic mass is 10.00. The molecule has 1 aromatic carbocycles. The molecular weight excluding hydrogens is 217 g/mol. The van der Waals surface area contributed by atoms with Gasteiger partial charge in [0.2, 0.25) is 0 Å². The molecule has 1 rings (SSSR count). The number of benzene rings is 1. The number of hydrogen-bond donors (Lipinski definition) is 1. The van der Waals surface area contributed by atoms with Crippen molar-refractivity contribution in [1.82, 2.24) is 5.32 Å². The molecule has 0 saturated heterocycles. The zero-order chi connectivity index (χ0) is 12.8. The Morgan fingerprint density at radius 3 is 2.71 bits per heavy atom. The highest BCUT2D eigenvalue weighted by Crippen LogP contribution is 2.25. The molecule has 0 aliphatic heterocycles. The fourth-order valence-corrected chi connectivity index (χ4v) is 1.77. The van der Waals surface area contributed by atoms with Gasteiger partial charge in [-0.15, -0.1) is 6.58 Å². The van der Waals surface area contributed by atoms with Crippen LogP contribution >= 0.6 is 0 Å². The van der Waals surface area contributed by atoms with Crippen LogP contribution in [0.3, 0.4) is 0 Å². The molecule has 1 unspecified atom stereocenters. The first-order valence-electron chi connectivity index (χ1n) is 5.73. The predicted octanol–water partition coefficient (Wildman–Crippen LogP) is 3.45. The van der Waals surface area contributed by atoms with Gasteiger partial charge in [-0.05, 0) is 44.5 Å². The van der Waals surface area contributed by atoms with Crippen LogP contribution in [0.4, 0.5) is 4.39 Å². The quantitative estimate of drug-likeness (QED) is 0.765. The highest BCUT2D eigenvalue weighted by molar-refractivity contribution is 5.31. The summed E-state index contributed by atoms with van der Waals surface area (Å²) in [6.07, 6.45) is 1.84. The van der Waals surface area contributed by atoms with Gasteiger partial charge < -0.3 is 10.1 Å². The summed E-state index contributed by atoms with van der Waals surface area (Å²) in [4.78, 5) is 0. The van der Waals surface area contributed by atoms with Crippen LogP contribution in [-0.2, 0) is 0 Å². The molecule has 1 N–H and O–H groups in total. The molecule has 0 amide bonds. The first-order chi connectivity index (χ1) is 8.08. The van der Waals surface area contributed by atoms with Crippen molar-refractivity contribution in [2.75, 3.05) is 14.2 Å². The third-order valence-corrected chi connectivity index (χ3v) is 2.79. The van der Waals surface area contributed by atoms with Gasteiger partial charge in [0.15, 0.2) is 11.6 Å². The Labute approximate surface area is 102 Å². The van der Waals surface area contributed by atoms with Crippen LogP contribution in [0.15, 0.2) is 30.4 Å². The van der Waals surface area contributed by atoms with E-state index in [1.54, 1.807) is 6.07 Å². The number of methoxy groups -OCH3 is 1. The zero-order valence-corrected chi connectivity index (χ0v) is 10.7. The third kappa shape index (κ3) is 3.86. The van der Waals surface area contributed by atoms with Crippen molar-refractivity contribution in [2.45, 2.75) is 25.8 Å². The van der Waals surface area contributed by atoms with Gasteiger partial charge in [0, 0.05) is 6.04 Å². The number of rotatable bonds is 6. The summed E-state index contributed by atoms with van der Waals surface area (Å²) in [5.74, 6) is -0.0379. The van der Waals surface area contributed by atoms with E-state index < -0.39 is 0 Å². The number of hydrogen-bond acceptors (Lipinski definition) is 2. The maximum atomic E-state index is 13.6. The Balaban J connectivity index is 2.81. The lowest BCUT2D eigenvalue weighted by Gasteiger charge is -2.17. The molecule has 0 heterocycles. The molecule has 17 heavy (non-hydrogen) atoms. The van der Waals surface area contributed by atoms with Crippen LogP contribution in [-0.4, -0.2) is 14.2 Å². The summed E-state index contributed by atoms with van der Waals surface area (Å²) >= 11 is 0. The van der Waals surface area contributed by atoms with E-state index in [0.29, 0.717) is 0 Å².